The molecule has 1 heterocycles. The molecule has 0 fully saturated rings. The van der Waals surface area contributed by atoms with Crippen LogP contribution in [0.3, 0.4) is 0 Å². The second-order valence-corrected chi connectivity index (χ2v) is 4.58. The highest BCUT2D eigenvalue weighted by atomic mass is 16.3. The first-order chi connectivity index (χ1) is 8.70. The second kappa shape index (κ2) is 5.74. The van der Waals surface area contributed by atoms with E-state index in [1.54, 1.807) is 6.26 Å². The van der Waals surface area contributed by atoms with E-state index in [4.69, 9.17) is 10.2 Å². The Morgan fingerprint density at radius 3 is 2.67 bits per heavy atom. The zero-order valence-corrected chi connectivity index (χ0v) is 11.0. The average molecular weight is 244 g/mol. The third kappa shape index (κ3) is 2.93. The summed E-state index contributed by atoms with van der Waals surface area (Å²) in [5.74, 6) is 0.962. The van der Waals surface area contributed by atoms with Crippen molar-refractivity contribution in [3.63, 3.8) is 0 Å². The van der Waals surface area contributed by atoms with Gasteiger partial charge in [-0.2, -0.15) is 0 Å². The number of benzene rings is 1. The molecule has 0 saturated heterocycles. The summed E-state index contributed by atoms with van der Waals surface area (Å²) in [5.41, 5.74) is 9.48. The van der Waals surface area contributed by atoms with Gasteiger partial charge in [-0.3, -0.25) is 0 Å². The fourth-order valence-electron chi connectivity index (χ4n) is 2.19. The summed E-state index contributed by atoms with van der Waals surface area (Å²) in [6.45, 7) is 6.46. The summed E-state index contributed by atoms with van der Waals surface area (Å²) in [7, 11) is 0. The van der Waals surface area contributed by atoms with Gasteiger partial charge in [-0.1, -0.05) is 17.7 Å². The average Bonchev–Trinajstić information content (AvgIpc) is 2.81. The van der Waals surface area contributed by atoms with Gasteiger partial charge in [-0.05, 0) is 37.6 Å². The monoisotopic (exact) mass is 244 g/mol. The van der Waals surface area contributed by atoms with Crippen molar-refractivity contribution in [1.82, 2.24) is 0 Å². The van der Waals surface area contributed by atoms with Crippen LogP contribution in [-0.2, 0) is 6.54 Å². The molecule has 0 radical (unpaired) electrons. The van der Waals surface area contributed by atoms with Gasteiger partial charge in [0.2, 0.25) is 0 Å². The predicted octanol–water partition coefficient (Wildman–Crippen LogP) is 2.86. The first kappa shape index (κ1) is 12.7. The zero-order valence-electron chi connectivity index (χ0n) is 11.0. The third-order valence-electron chi connectivity index (χ3n) is 3.02. The lowest BCUT2D eigenvalue weighted by Gasteiger charge is -2.25. The molecule has 1 aromatic carbocycles. The van der Waals surface area contributed by atoms with E-state index in [-0.39, 0.29) is 0 Å². The van der Waals surface area contributed by atoms with Gasteiger partial charge in [-0.25, -0.2) is 0 Å². The topological polar surface area (TPSA) is 42.4 Å². The van der Waals surface area contributed by atoms with Crippen molar-refractivity contribution in [2.75, 3.05) is 18.0 Å². The normalized spacial score (nSPS) is 10.6. The Hall–Kier alpha value is -1.74. The molecule has 3 heteroatoms. The van der Waals surface area contributed by atoms with Gasteiger partial charge >= 0.3 is 0 Å². The van der Waals surface area contributed by atoms with E-state index in [9.17, 15) is 0 Å². The van der Waals surface area contributed by atoms with Crippen molar-refractivity contribution in [2.45, 2.75) is 20.4 Å². The number of furan rings is 1. The Labute approximate surface area is 108 Å². The standard InChI is InChI=1S/C15H20N2O/c1-12-5-6-15(13(2)10-12)17(8-7-16)11-14-4-3-9-18-14/h3-6,9-10H,7-8,11,16H2,1-2H3. The Balaban J connectivity index is 2.23. The maximum absolute atomic E-state index is 5.70. The Bertz CT molecular complexity index is 491. The Kier molecular flexibility index (Phi) is 4.05. The van der Waals surface area contributed by atoms with Gasteiger partial charge in [-0.15, -0.1) is 0 Å². The van der Waals surface area contributed by atoms with Crippen molar-refractivity contribution in [1.29, 1.82) is 0 Å². The molecule has 0 unspecified atom stereocenters. The van der Waals surface area contributed by atoms with Crippen molar-refractivity contribution in [3.05, 3.63) is 53.5 Å². The highest BCUT2D eigenvalue weighted by molar-refractivity contribution is 5.54. The lowest BCUT2D eigenvalue weighted by molar-refractivity contribution is 0.502. The van der Waals surface area contributed by atoms with E-state index in [1.165, 1.54) is 16.8 Å². The quantitative estimate of drug-likeness (QED) is 0.879. The fourth-order valence-corrected chi connectivity index (χ4v) is 2.19. The molecule has 1 aromatic heterocycles. The SMILES string of the molecule is Cc1ccc(N(CCN)Cc2ccco2)c(C)c1. The number of nitrogens with zero attached hydrogens (tertiary/aromatic N) is 1. The molecule has 0 saturated carbocycles. The molecule has 2 rings (SSSR count). The minimum absolute atomic E-state index is 0.633. The molecular formula is C15H20N2O. The summed E-state index contributed by atoms with van der Waals surface area (Å²) >= 11 is 0. The van der Waals surface area contributed by atoms with Crippen LogP contribution in [0.15, 0.2) is 41.0 Å². The van der Waals surface area contributed by atoms with Crippen molar-refractivity contribution < 1.29 is 4.42 Å². The summed E-state index contributed by atoms with van der Waals surface area (Å²) in [6, 6.07) is 10.4. The molecule has 0 aliphatic rings. The van der Waals surface area contributed by atoms with Crippen LogP contribution in [0.5, 0.6) is 0 Å². The molecule has 0 aliphatic carbocycles. The molecular weight excluding hydrogens is 224 g/mol. The highest BCUT2D eigenvalue weighted by Gasteiger charge is 2.10. The first-order valence-electron chi connectivity index (χ1n) is 6.25. The molecule has 3 nitrogen and oxygen atoms in total. The maximum atomic E-state index is 5.70. The van der Waals surface area contributed by atoms with Crippen LogP contribution in [0, 0.1) is 13.8 Å². The minimum Gasteiger partial charge on any atom is -0.467 e. The zero-order chi connectivity index (χ0) is 13.0. The third-order valence-corrected chi connectivity index (χ3v) is 3.02. The van der Waals surface area contributed by atoms with Crippen LogP contribution in [0.4, 0.5) is 5.69 Å². The van der Waals surface area contributed by atoms with Crippen molar-refractivity contribution in [2.24, 2.45) is 5.73 Å². The number of anilines is 1. The van der Waals surface area contributed by atoms with E-state index in [2.05, 4.69) is 36.9 Å². The lowest BCUT2D eigenvalue weighted by Crippen LogP contribution is -2.29. The largest absolute Gasteiger partial charge is 0.467 e. The maximum Gasteiger partial charge on any atom is 0.123 e. The number of nitrogens with two attached hydrogens (primary N) is 1. The summed E-state index contributed by atoms with van der Waals surface area (Å²) in [6.07, 6.45) is 1.71. The van der Waals surface area contributed by atoms with E-state index >= 15 is 0 Å². The van der Waals surface area contributed by atoms with Crippen LogP contribution in [-0.4, -0.2) is 13.1 Å². The van der Waals surface area contributed by atoms with E-state index in [0.717, 1.165) is 18.8 Å². The van der Waals surface area contributed by atoms with Crippen LogP contribution in [0.2, 0.25) is 0 Å². The van der Waals surface area contributed by atoms with Crippen molar-refractivity contribution >= 4 is 5.69 Å². The molecule has 18 heavy (non-hydrogen) atoms. The van der Waals surface area contributed by atoms with E-state index in [0.29, 0.717) is 6.54 Å². The molecule has 0 spiro atoms. The summed E-state index contributed by atoms with van der Waals surface area (Å²) < 4.78 is 5.41. The van der Waals surface area contributed by atoms with Crippen LogP contribution in [0.1, 0.15) is 16.9 Å². The van der Waals surface area contributed by atoms with Gasteiger partial charge in [0.05, 0.1) is 12.8 Å². The molecule has 2 aromatic rings. The molecule has 0 bridgehead atoms. The van der Waals surface area contributed by atoms with Crippen LogP contribution < -0.4 is 10.6 Å². The lowest BCUT2D eigenvalue weighted by atomic mass is 10.1. The highest BCUT2D eigenvalue weighted by Crippen LogP contribution is 2.22. The number of hydrogen-bond donors (Lipinski definition) is 1. The van der Waals surface area contributed by atoms with Gasteiger partial charge < -0.3 is 15.1 Å². The first-order valence-corrected chi connectivity index (χ1v) is 6.25. The minimum atomic E-state index is 0.633. The molecule has 96 valence electrons. The molecule has 0 atom stereocenters. The van der Waals surface area contributed by atoms with E-state index < -0.39 is 0 Å². The van der Waals surface area contributed by atoms with Crippen LogP contribution in [0.25, 0.3) is 0 Å². The molecule has 0 aliphatic heterocycles. The van der Waals surface area contributed by atoms with Crippen LogP contribution >= 0.6 is 0 Å². The van der Waals surface area contributed by atoms with Crippen molar-refractivity contribution in [3.8, 4) is 0 Å². The number of hydrogen-bond acceptors (Lipinski definition) is 3. The number of aryl methyl sites for hydroxylation is 2. The van der Waals surface area contributed by atoms with Gasteiger partial charge in [0.15, 0.2) is 0 Å². The smallest absolute Gasteiger partial charge is 0.123 e. The summed E-state index contributed by atoms with van der Waals surface area (Å²) in [4.78, 5) is 2.26. The Morgan fingerprint density at radius 2 is 2.06 bits per heavy atom. The van der Waals surface area contributed by atoms with Gasteiger partial charge in [0, 0.05) is 18.8 Å². The molecule has 0 amide bonds. The van der Waals surface area contributed by atoms with E-state index in [1.807, 2.05) is 12.1 Å². The summed E-state index contributed by atoms with van der Waals surface area (Å²) in [5, 5.41) is 0. The molecule has 2 N–H and O–H groups in total. The van der Waals surface area contributed by atoms with Gasteiger partial charge in [0.1, 0.15) is 5.76 Å². The predicted molar refractivity (Wildman–Crippen MR) is 74.7 cm³/mol. The van der Waals surface area contributed by atoms with Gasteiger partial charge in [0.25, 0.3) is 0 Å². The second-order valence-electron chi connectivity index (χ2n) is 4.58. The number of rotatable bonds is 5. The Morgan fingerprint density at radius 1 is 1.22 bits per heavy atom. The fraction of sp³-hybridized carbons (Fsp3) is 0.333.